The number of aryl methyl sites for hydroxylation is 1. The van der Waals surface area contributed by atoms with E-state index < -0.39 is 12.0 Å². The Hall–Kier alpha value is -2.43. The highest BCUT2D eigenvalue weighted by Gasteiger charge is 2.38. The summed E-state index contributed by atoms with van der Waals surface area (Å²) in [6.45, 7) is 8.13. The average Bonchev–Trinajstić information content (AvgIpc) is 3.35. The number of alkyl halides is 3. The van der Waals surface area contributed by atoms with Crippen molar-refractivity contribution in [3.8, 4) is 0 Å². The van der Waals surface area contributed by atoms with Gasteiger partial charge in [0.15, 0.2) is 11.5 Å². The summed E-state index contributed by atoms with van der Waals surface area (Å²) in [7, 11) is 0. The van der Waals surface area contributed by atoms with Gasteiger partial charge in [-0.25, -0.2) is 0 Å². The lowest BCUT2D eigenvalue weighted by Crippen LogP contribution is -2.50. The van der Waals surface area contributed by atoms with Crippen LogP contribution >= 0.6 is 0 Å². The highest BCUT2D eigenvalue weighted by molar-refractivity contribution is 5.78. The van der Waals surface area contributed by atoms with Crippen molar-refractivity contribution >= 4 is 17.4 Å². The maximum atomic E-state index is 13.2. The number of likely N-dealkylation sites (tertiary alicyclic amines) is 1. The van der Waals surface area contributed by atoms with Crippen molar-refractivity contribution in [3.63, 3.8) is 0 Å². The number of hydrogen-bond donors (Lipinski definition) is 0. The van der Waals surface area contributed by atoms with Crippen molar-refractivity contribution in [1.82, 2.24) is 29.6 Å². The normalized spacial score (nSPS) is 18.8. The van der Waals surface area contributed by atoms with Gasteiger partial charge in [0.05, 0.1) is 6.54 Å². The second-order valence-corrected chi connectivity index (χ2v) is 7.68. The molecule has 2 aliphatic rings. The quantitative estimate of drug-likeness (QED) is 0.763. The lowest BCUT2D eigenvalue weighted by molar-refractivity contribution is -0.146. The van der Waals surface area contributed by atoms with Gasteiger partial charge in [-0.15, -0.1) is 15.3 Å². The predicted octanol–water partition coefficient (Wildman–Crippen LogP) is 1.50. The van der Waals surface area contributed by atoms with Crippen LogP contribution < -0.4 is 4.90 Å². The first kappa shape index (κ1) is 19.9. The molecule has 0 aliphatic carbocycles. The topological polar surface area (TPSA) is 69.9 Å². The van der Waals surface area contributed by atoms with Crippen molar-refractivity contribution in [2.45, 2.75) is 32.9 Å². The number of rotatable bonds is 3. The first-order chi connectivity index (χ1) is 13.8. The van der Waals surface area contributed by atoms with E-state index in [-0.39, 0.29) is 11.6 Å². The summed E-state index contributed by atoms with van der Waals surface area (Å²) in [5, 5.41) is 11.2. The summed E-state index contributed by atoms with van der Waals surface area (Å²) < 4.78 is 40.5. The SMILES string of the molecule is Cc1c(N2CCN(CC(=O)N3CCCC3)CC2)nn2c(C(F)(F)F)nnc2c1C. The second-order valence-electron chi connectivity index (χ2n) is 7.68. The number of piperazine rings is 1. The number of halogens is 3. The van der Waals surface area contributed by atoms with E-state index in [1.807, 2.05) is 16.7 Å². The van der Waals surface area contributed by atoms with Crippen LogP contribution in [0.25, 0.3) is 5.65 Å². The van der Waals surface area contributed by atoms with E-state index in [9.17, 15) is 18.0 Å². The number of carbonyl (C=O) groups excluding carboxylic acids is 1. The van der Waals surface area contributed by atoms with Gasteiger partial charge in [0.2, 0.25) is 5.91 Å². The van der Waals surface area contributed by atoms with E-state index in [2.05, 4.69) is 20.2 Å². The molecule has 2 fully saturated rings. The Morgan fingerprint density at radius 3 is 2.24 bits per heavy atom. The fourth-order valence-electron chi connectivity index (χ4n) is 3.97. The molecular formula is C18H24F3N7O. The Morgan fingerprint density at radius 2 is 1.62 bits per heavy atom. The van der Waals surface area contributed by atoms with Crippen molar-refractivity contribution in [3.05, 3.63) is 17.0 Å². The van der Waals surface area contributed by atoms with Crippen LogP contribution in [-0.2, 0) is 11.0 Å². The summed E-state index contributed by atoms with van der Waals surface area (Å²) in [6, 6.07) is 0. The smallest absolute Gasteiger partial charge is 0.352 e. The highest BCUT2D eigenvalue weighted by Crippen LogP contribution is 2.30. The predicted molar refractivity (Wildman–Crippen MR) is 99.7 cm³/mol. The first-order valence-electron chi connectivity index (χ1n) is 9.80. The van der Waals surface area contributed by atoms with Crippen LogP contribution in [0.5, 0.6) is 0 Å². The van der Waals surface area contributed by atoms with E-state index in [1.54, 1.807) is 6.92 Å². The average molecular weight is 411 g/mol. The minimum atomic E-state index is -4.62. The Balaban J connectivity index is 1.50. The number of hydrogen-bond acceptors (Lipinski definition) is 6. The molecule has 2 saturated heterocycles. The molecule has 0 N–H and O–H groups in total. The second kappa shape index (κ2) is 7.43. The zero-order valence-corrected chi connectivity index (χ0v) is 16.5. The molecule has 29 heavy (non-hydrogen) atoms. The van der Waals surface area contributed by atoms with E-state index in [0.29, 0.717) is 44.1 Å². The third-order valence-electron chi connectivity index (χ3n) is 5.81. The van der Waals surface area contributed by atoms with Crippen LogP contribution in [0.3, 0.4) is 0 Å². The molecule has 0 saturated carbocycles. The molecule has 0 atom stereocenters. The molecule has 2 aromatic heterocycles. The van der Waals surface area contributed by atoms with Crippen LogP contribution in [0, 0.1) is 13.8 Å². The molecule has 11 heteroatoms. The number of nitrogens with zero attached hydrogens (tertiary/aromatic N) is 7. The molecule has 158 valence electrons. The van der Waals surface area contributed by atoms with Gasteiger partial charge in [-0.1, -0.05) is 0 Å². The van der Waals surface area contributed by atoms with Gasteiger partial charge in [0.1, 0.15) is 0 Å². The summed E-state index contributed by atoms with van der Waals surface area (Å²) in [5.41, 5.74) is 1.54. The fraction of sp³-hybridized carbons (Fsp3) is 0.667. The maximum absolute atomic E-state index is 13.2. The maximum Gasteiger partial charge on any atom is 0.453 e. The molecule has 2 aromatic rings. The monoisotopic (exact) mass is 411 g/mol. The molecular weight excluding hydrogens is 387 g/mol. The Labute approximate surface area is 166 Å². The summed E-state index contributed by atoms with van der Waals surface area (Å²) in [5.74, 6) is -0.459. The van der Waals surface area contributed by atoms with Crippen molar-refractivity contribution < 1.29 is 18.0 Å². The standard InChI is InChI=1S/C18H24F3N7O/c1-12-13(2)16(24-28-15(12)22-23-17(28)18(19,20)21)27-9-7-25(8-10-27)11-14(29)26-5-3-4-6-26/h3-11H2,1-2H3. The Bertz CT molecular complexity index is 912. The van der Waals surface area contributed by atoms with Crippen LogP contribution in [0.1, 0.15) is 29.8 Å². The number of amides is 1. The van der Waals surface area contributed by atoms with Gasteiger partial charge in [0.25, 0.3) is 5.82 Å². The van der Waals surface area contributed by atoms with E-state index in [4.69, 9.17) is 0 Å². The third kappa shape index (κ3) is 3.75. The van der Waals surface area contributed by atoms with Gasteiger partial charge < -0.3 is 9.80 Å². The molecule has 0 aromatic carbocycles. The van der Waals surface area contributed by atoms with Crippen molar-refractivity contribution in [2.24, 2.45) is 0 Å². The summed E-state index contributed by atoms with van der Waals surface area (Å²) >= 11 is 0. The van der Waals surface area contributed by atoms with Gasteiger partial charge in [-0.2, -0.15) is 17.7 Å². The van der Waals surface area contributed by atoms with Gasteiger partial charge in [-0.05, 0) is 26.7 Å². The minimum Gasteiger partial charge on any atom is -0.352 e. The molecule has 1 amide bonds. The Kier molecular flexibility index (Phi) is 5.09. The molecule has 0 radical (unpaired) electrons. The molecule has 4 heterocycles. The van der Waals surface area contributed by atoms with E-state index in [0.717, 1.165) is 36.0 Å². The summed E-state index contributed by atoms with van der Waals surface area (Å²) in [4.78, 5) is 18.3. The number of fused-ring (bicyclic) bond motifs is 1. The van der Waals surface area contributed by atoms with E-state index >= 15 is 0 Å². The number of anilines is 1. The molecule has 0 spiro atoms. The summed E-state index contributed by atoms with van der Waals surface area (Å²) in [6.07, 6.45) is -2.50. The van der Waals surface area contributed by atoms with Gasteiger partial charge in [0, 0.05) is 50.4 Å². The van der Waals surface area contributed by atoms with Gasteiger partial charge >= 0.3 is 6.18 Å². The third-order valence-corrected chi connectivity index (χ3v) is 5.81. The van der Waals surface area contributed by atoms with Crippen LogP contribution in [0.2, 0.25) is 0 Å². The van der Waals surface area contributed by atoms with Crippen LogP contribution in [0.15, 0.2) is 0 Å². The zero-order valence-electron chi connectivity index (χ0n) is 16.5. The largest absolute Gasteiger partial charge is 0.453 e. The molecule has 8 nitrogen and oxygen atoms in total. The molecule has 2 aliphatic heterocycles. The molecule has 4 rings (SSSR count). The first-order valence-corrected chi connectivity index (χ1v) is 9.80. The lowest BCUT2D eigenvalue weighted by atomic mass is 10.1. The number of aromatic nitrogens is 4. The Morgan fingerprint density at radius 1 is 0.966 bits per heavy atom. The zero-order chi connectivity index (χ0) is 20.8. The molecule has 0 bridgehead atoms. The van der Waals surface area contributed by atoms with Gasteiger partial charge in [-0.3, -0.25) is 9.69 Å². The minimum absolute atomic E-state index is 0.119. The fourth-order valence-corrected chi connectivity index (χ4v) is 3.97. The lowest BCUT2D eigenvalue weighted by Gasteiger charge is -2.36. The number of carbonyl (C=O) groups is 1. The van der Waals surface area contributed by atoms with Crippen LogP contribution in [0.4, 0.5) is 19.0 Å². The van der Waals surface area contributed by atoms with Crippen LogP contribution in [-0.4, -0.2) is 81.3 Å². The highest BCUT2D eigenvalue weighted by atomic mass is 19.4. The van der Waals surface area contributed by atoms with E-state index in [1.165, 1.54) is 0 Å². The molecule has 0 unspecified atom stereocenters. The van der Waals surface area contributed by atoms with Crippen molar-refractivity contribution in [1.29, 1.82) is 0 Å². The van der Waals surface area contributed by atoms with Crippen molar-refractivity contribution in [2.75, 3.05) is 50.7 Å².